The molecule has 0 bridgehead atoms. The molecule has 0 fully saturated rings. The van der Waals surface area contributed by atoms with Crippen molar-refractivity contribution in [1.82, 2.24) is 0 Å². The predicted molar refractivity (Wildman–Crippen MR) is 170 cm³/mol. The number of alkyl halides is 34. The second-order valence-electron chi connectivity index (χ2n) is 14.1. The summed E-state index contributed by atoms with van der Waals surface area (Å²) in [5.74, 6) is -117. The van der Waals surface area contributed by atoms with Crippen molar-refractivity contribution < 1.29 is 149 Å². The minimum absolute atomic E-state index is 0.0386. The molecule has 0 spiro atoms. The standard InChI is InChI=1S/C34H10F34S2/c35-19(36,21(39,40)23(43,44)25(47,48)27(51,52)29(55,56)31(59,60)33(63,64)65)13-5-1-11(2-6-13)15-9-17-18(69-15)10-16(70-17)12-3-7-14(8-4-12)20(37,38)22(41,42)24(45,46)26(49,50)28(53,54)30(57,58)32(61,62)34(66,67)68/h1-10H. The van der Waals surface area contributed by atoms with Gasteiger partial charge in [-0.2, -0.15) is 149 Å². The molecule has 0 nitrogen and oxygen atoms in total. The molecule has 0 N–H and O–H groups in total. The van der Waals surface area contributed by atoms with Crippen molar-refractivity contribution in [1.29, 1.82) is 0 Å². The van der Waals surface area contributed by atoms with E-state index >= 15 is 0 Å². The number of rotatable bonds is 16. The highest BCUT2D eigenvalue weighted by Crippen LogP contribution is 2.67. The summed E-state index contributed by atoms with van der Waals surface area (Å²) in [7, 11) is 0. The molecule has 2 aromatic heterocycles. The quantitative estimate of drug-likeness (QED) is 0.0981. The molecule has 2 heterocycles. The van der Waals surface area contributed by atoms with E-state index in [-0.39, 0.29) is 67.7 Å². The Morgan fingerprint density at radius 2 is 0.414 bits per heavy atom. The highest BCUT2D eigenvalue weighted by Gasteiger charge is 2.97. The molecule has 70 heavy (non-hydrogen) atoms. The van der Waals surface area contributed by atoms with Gasteiger partial charge in [0.05, 0.1) is 0 Å². The van der Waals surface area contributed by atoms with Gasteiger partial charge in [-0.1, -0.05) is 48.5 Å². The zero-order chi connectivity index (χ0) is 55.1. The maximum absolute atomic E-state index is 14.8. The molecular formula is C34H10F34S2. The molecule has 0 unspecified atom stereocenters. The van der Waals surface area contributed by atoms with Gasteiger partial charge in [-0.25, -0.2) is 0 Å². The summed E-state index contributed by atoms with van der Waals surface area (Å²) >= 11 is 0.971. The SMILES string of the molecule is FC(F)(F)C(F)(F)C(F)(F)C(F)(F)C(F)(F)C(F)(F)C(F)(F)C(F)(F)c1ccc(-c2cc3sc(-c4ccc(C(F)(F)C(F)(F)C(F)(F)C(F)(F)C(F)(F)C(F)(F)C(F)(F)C(F)(F)F)cc4)cc3s2)cc1. The van der Waals surface area contributed by atoms with Gasteiger partial charge in [0.15, 0.2) is 0 Å². The van der Waals surface area contributed by atoms with Crippen LogP contribution in [0.25, 0.3) is 30.3 Å². The van der Waals surface area contributed by atoms with Crippen molar-refractivity contribution in [2.24, 2.45) is 0 Å². The van der Waals surface area contributed by atoms with Crippen LogP contribution >= 0.6 is 22.7 Å². The van der Waals surface area contributed by atoms with Crippen molar-refractivity contribution in [3.05, 3.63) is 71.8 Å². The van der Waals surface area contributed by atoms with E-state index in [9.17, 15) is 149 Å². The Morgan fingerprint density at radius 3 is 0.614 bits per heavy atom. The van der Waals surface area contributed by atoms with E-state index in [4.69, 9.17) is 0 Å². The van der Waals surface area contributed by atoms with E-state index in [2.05, 4.69) is 0 Å². The molecule has 0 aliphatic heterocycles. The van der Waals surface area contributed by atoms with Gasteiger partial charge in [-0.3, -0.25) is 0 Å². The number of thiophene rings is 2. The monoisotopic (exact) mass is 1130 g/mol. The topological polar surface area (TPSA) is 0 Å². The molecule has 4 rings (SSSR count). The van der Waals surface area contributed by atoms with Gasteiger partial charge >= 0.3 is 95.3 Å². The number of fused-ring (bicyclic) bond motifs is 1. The van der Waals surface area contributed by atoms with Crippen LogP contribution in [0.3, 0.4) is 0 Å². The third-order valence-electron chi connectivity index (χ3n) is 9.72. The largest absolute Gasteiger partial charge is 0.460 e. The van der Waals surface area contributed by atoms with E-state index < -0.39 is 118 Å². The van der Waals surface area contributed by atoms with Gasteiger partial charge < -0.3 is 0 Å². The predicted octanol–water partition coefficient (Wildman–Crippen LogP) is 17.2. The molecule has 36 heteroatoms. The van der Waals surface area contributed by atoms with Crippen LogP contribution in [0.1, 0.15) is 11.1 Å². The second kappa shape index (κ2) is 16.1. The average Bonchev–Trinajstić information content (AvgIpc) is 3.79. The van der Waals surface area contributed by atoms with Crippen LogP contribution in [0.4, 0.5) is 149 Å². The maximum atomic E-state index is 14.8. The van der Waals surface area contributed by atoms with E-state index in [1.807, 2.05) is 0 Å². The van der Waals surface area contributed by atoms with Crippen LogP contribution in [0.2, 0.25) is 0 Å². The summed E-state index contributed by atoms with van der Waals surface area (Å²) < 4.78 is 465. The summed E-state index contributed by atoms with van der Waals surface area (Å²) in [6.45, 7) is 0. The molecule has 2 aromatic carbocycles. The first-order chi connectivity index (χ1) is 30.6. The molecular weight excluding hydrogens is 1120 g/mol. The average molecular weight is 1130 g/mol. The zero-order valence-electron chi connectivity index (χ0n) is 31.4. The van der Waals surface area contributed by atoms with Crippen molar-refractivity contribution in [2.75, 3.05) is 0 Å². The normalized spacial score (nSPS) is 15.9. The second-order valence-corrected chi connectivity index (χ2v) is 16.3. The van der Waals surface area contributed by atoms with Crippen LogP contribution in [0.15, 0.2) is 60.7 Å². The third kappa shape index (κ3) is 7.59. The molecule has 0 saturated heterocycles. The summed E-state index contributed by atoms with van der Waals surface area (Å²) in [4.78, 5) is -0.418. The number of halogens is 34. The minimum Gasteiger partial charge on any atom is -0.194 e. The molecule has 396 valence electrons. The lowest BCUT2D eigenvalue weighted by Gasteiger charge is -2.42. The Labute approximate surface area is 369 Å². The van der Waals surface area contributed by atoms with Crippen molar-refractivity contribution in [3.63, 3.8) is 0 Å². The van der Waals surface area contributed by atoms with Crippen molar-refractivity contribution in [2.45, 2.75) is 95.3 Å². The van der Waals surface area contributed by atoms with Crippen LogP contribution in [-0.2, 0) is 11.8 Å². The molecule has 0 aliphatic carbocycles. The van der Waals surface area contributed by atoms with Crippen molar-refractivity contribution >= 4 is 32.1 Å². The Kier molecular flexibility index (Phi) is 13.4. The molecule has 0 atom stereocenters. The molecule has 4 aromatic rings. The first-order valence-corrected chi connectivity index (χ1v) is 18.4. The first-order valence-electron chi connectivity index (χ1n) is 16.8. The van der Waals surface area contributed by atoms with Gasteiger partial charge in [-0.05, 0) is 23.3 Å². The lowest BCUT2D eigenvalue weighted by Crippen LogP contribution is -2.74. The van der Waals surface area contributed by atoms with E-state index in [1.54, 1.807) is 0 Å². The maximum Gasteiger partial charge on any atom is 0.460 e. The Hall–Kier alpha value is -4.28. The van der Waals surface area contributed by atoms with Crippen LogP contribution < -0.4 is 0 Å². The van der Waals surface area contributed by atoms with Crippen LogP contribution in [0, 0.1) is 0 Å². The highest BCUT2D eigenvalue weighted by molar-refractivity contribution is 7.31. The summed E-state index contributed by atoms with van der Waals surface area (Å²) in [5.41, 5.74) is -6.02. The summed E-state index contributed by atoms with van der Waals surface area (Å²) in [6.07, 6.45) is -15.9. The lowest BCUT2D eigenvalue weighted by molar-refractivity contribution is -0.462. The van der Waals surface area contributed by atoms with Crippen LogP contribution in [-0.4, -0.2) is 83.4 Å². The van der Waals surface area contributed by atoms with Gasteiger partial charge in [0.2, 0.25) is 0 Å². The fraction of sp³-hybridized carbons (Fsp3) is 0.471. The van der Waals surface area contributed by atoms with Crippen molar-refractivity contribution in [3.8, 4) is 20.9 Å². The summed E-state index contributed by atoms with van der Waals surface area (Å²) in [5, 5.41) is 0. The molecule has 0 radical (unpaired) electrons. The van der Waals surface area contributed by atoms with Gasteiger partial charge in [0.1, 0.15) is 0 Å². The fourth-order valence-electron chi connectivity index (χ4n) is 5.50. The zero-order valence-corrected chi connectivity index (χ0v) is 33.1. The third-order valence-corrected chi connectivity index (χ3v) is 12.1. The fourth-order valence-corrected chi connectivity index (χ4v) is 7.91. The first kappa shape index (κ1) is 58.3. The number of hydrogen-bond acceptors (Lipinski definition) is 2. The van der Waals surface area contributed by atoms with Gasteiger partial charge in [-0.15, -0.1) is 22.7 Å². The lowest BCUT2D eigenvalue weighted by atomic mass is 9.87. The summed E-state index contributed by atoms with van der Waals surface area (Å²) in [6, 6.07) is 1.71. The van der Waals surface area contributed by atoms with E-state index in [1.165, 1.54) is 0 Å². The van der Waals surface area contributed by atoms with E-state index in [0.717, 1.165) is 12.1 Å². The molecule has 0 aliphatic rings. The highest BCUT2D eigenvalue weighted by atomic mass is 32.1. The van der Waals surface area contributed by atoms with Gasteiger partial charge in [0, 0.05) is 30.3 Å². The molecule has 0 saturated carbocycles. The van der Waals surface area contributed by atoms with E-state index in [0.29, 0.717) is 22.7 Å². The van der Waals surface area contributed by atoms with Gasteiger partial charge in [0.25, 0.3) is 0 Å². The number of hydrogen-bond donors (Lipinski definition) is 0. The number of benzene rings is 2. The molecule has 0 amide bonds. The Bertz CT molecular complexity index is 2330. The minimum atomic E-state index is -8.86. The Balaban J connectivity index is 1.62. The Morgan fingerprint density at radius 1 is 0.229 bits per heavy atom. The van der Waals surface area contributed by atoms with Crippen LogP contribution in [0.5, 0.6) is 0 Å². The smallest absolute Gasteiger partial charge is 0.194 e.